The summed E-state index contributed by atoms with van der Waals surface area (Å²) in [6.07, 6.45) is 3.38. The number of nitrogen functional groups attached to an aromatic ring is 1. The van der Waals surface area contributed by atoms with Crippen LogP contribution in [-0.2, 0) is 11.3 Å². The zero-order valence-corrected chi connectivity index (χ0v) is 9.42. The van der Waals surface area contributed by atoms with Crippen molar-refractivity contribution in [2.45, 2.75) is 6.61 Å². The van der Waals surface area contributed by atoms with Gasteiger partial charge in [-0.2, -0.15) is 0 Å². The summed E-state index contributed by atoms with van der Waals surface area (Å²) < 4.78 is 5.05. The summed E-state index contributed by atoms with van der Waals surface area (Å²) in [6.45, 7) is 0.412. The highest BCUT2D eigenvalue weighted by molar-refractivity contribution is 5.56. The first-order chi connectivity index (χ1) is 8.33. The summed E-state index contributed by atoms with van der Waals surface area (Å²) in [5.74, 6) is 6.52. The molecule has 0 aliphatic rings. The second kappa shape index (κ2) is 5.33. The van der Waals surface area contributed by atoms with Gasteiger partial charge in [-0.25, -0.2) is 15.8 Å². The molecule has 88 valence electrons. The van der Waals surface area contributed by atoms with Crippen LogP contribution in [0.4, 0.5) is 5.82 Å². The lowest BCUT2D eigenvalue weighted by Gasteiger charge is -2.06. The number of ether oxygens (including phenoxy) is 1. The Bertz CT molecular complexity index is 488. The molecule has 0 aliphatic heterocycles. The van der Waals surface area contributed by atoms with Crippen LogP contribution in [0.3, 0.4) is 0 Å². The number of hydrogen-bond donors (Lipinski definition) is 2. The Morgan fingerprint density at radius 3 is 2.71 bits per heavy atom. The minimum absolute atomic E-state index is 0.412. The van der Waals surface area contributed by atoms with Gasteiger partial charge in [0.1, 0.15) is 5.82 Å². The van der Waals surface area contributed by atoms with Crippen molar-refractivity contribution in [3.63, 3.8) is 0 Å². The zero-order valence-electron chi connectivity index (χ0n) is 9.42. The van der Waals surface area contributed by atoms with Crippen molar-refractivity contribution in [1.29, 1.82) is 0 Å². The standard InChI is InChI=1S/C11H13N5O/c1-17-7-9-6-10(16-12)15-11(14-9)8-2-4-13-5-3-8/h2-6H,7,12H2,1H3,(H,14,15,16). The molecule has 17 heavy (non-hydrogen) atoms. The summed E-state index contributed by atoms with van der Waals surface area (Å²) >= 11 is 0. The first-order valence-electron chi connectivity index (χ1n) is 5.07. The van der Waals surface area contributed by atoms with Gasteiger partial charge in [0, 0.05) is 31.1 Å². The maximum Gasteiger partial charge on any atom is 0.162 e. The van der Waals surface area contributed by atoms with Crippen molar-refractivity contribution in [3.05, 3.63) is 36.3 Å². The topological polar surface area (TPSA) is 86.0 Å². The first kappa shape index (κ1) is 11.4. The molecule has 0 unspecified atom stereocenters. The summed E-state index contributed by atoms with van der Waals surface area (Å²) in [6, 6.07) is 5.42. The normalized spacial score (nSPS) is 10.2. The highest BCUT2D eigenvalue weighted by Crippen LogP contribution is 2.16. The van der Waals surface area contributed by atoms with Crippen molar-refractivity contribution in [1.82, 2.24) is 15.0 Å². The molecule has 2 rings (SSSR count). The SMILES string of the molecule is COCc1cc(NN)nc(-c2ccncc2)n1. The van der Waals surface area contributed by atoms with Gasteiger partial charge >= 0.3 is 0 Å². The van der Waals surface area contributed by atoms with E-state index in [-0.39, 0.29) is 0 Å². The summed E-state index contributed by atoms with van der Waals surface area (Å²) in [5.41, 5.74) is 4.16. The lowest BCUT2D eigenvalue weighted by Crippen LogP contribution is -2.10. The Morgan fingerprint density at radius 2 is 2.06 bits per heavy atom. The Morgan fingerprint density at radius 1 is 1.29 bits per heavy atom. The lowest BCUT2D eigenvalue weighted by molar-refractivity contribution is 0.181. The molecule has 0 bridgehead atoms. The van der Waals surface area contributed by atoms with E-state index < -0.39 is 0 Å². The number of pyridine rings is 1. The fourth-order valence-corrected chi connectivity index (χ4v) is 1.42. The van der Waals surface area contributed by atoms with Crippen molar-refractivity contribution in [2.75, 3.05) is 12.5 Å². The van der Waals surface area contributed by atoms with Crippen LogP contribution in [0.15, 0.2) is 30.6 Å². The predicted octanol–water partition coefficient (Wildman–Crippen LogP) is 0.971. The van der Waals surface area contributed by atoms with Crippen molar-refractivity contribution in [3.8, 4) is 11.4 Å². The number of nitrogens with zero attached hydrogens (tertiary/aromatic N) is 3. The van der Waals surface area contributed by atoms with E-state index in [0.29, 0.717) is 18.2 Å². The van der Waals surface area contributed by atoms with Gasteiger partial charge in [-0.1, -0.05) is 0 Å². The molecule has 3 N–H and O–H groups in total. The fourth-order valence-electron chi connectivity index (χ4n) is 1.42. The zero-order chi connectivity index (χ0) is 12.1. The van der Waals surface area contributed by atoms with Crippen LogP contribution in [0.1, 0.15) is 5.69 Å². The highest BCUT2D eigenvalue weighted by Gasteiger charge is 2.05. The Hall–Kier alpha value is -2.05. The smallest absolute Gasteiger partial charge is 0.162 e. The van der Waals surface area contributed by atoms with E-state index in [4.69, 9.17) is 10.6 Å². The summed E-state index contributed by atoms with van der Waals surface area (Å²) in [4.78, 5) is 12.6. The molecule has 0 saturated carbocycles. The Balaban J connectivity index is 2.43. The first-order valence-corrected chi connectivity index (χ1v) is 5.07. The number of anilines is 1. The number of hydrazine groups is 1. The molecule has 2 aromatic rings. The number of nitrogens with two attached hydrogens (primary N) is 1. The van der Waals surface area contributed by atoms with Gasteiger partial charge in [0.2, 0.25) is 0 Å². The molecule has 6 nitrogen and oxygen atoms in total. The molecule has 0 spiro atoms. The Kier molecular flexibility index (Phi) is 3.59. The van der Waals surface area contributed by atoms with Crippen molar-refractivity contribution < 1.29 is 4.74 Å². The number of hydrogen-bond acceptors (Lipinski definition) is 6. The molecule has 6 heteroatoms. The van der Waals surface area contributed by atoms with E-state index in [1.165, 1.54) is 0 Å². The number of methoxy groups -OCH3 is 1. The van der Waals surface area contributed by atoms with Gasteiger partial charge in [0.15, 0.2) is 5.82 Å². The monoisotopic (exact) mass is 231 g/mol. The van der Waals surface area contributed by atoms with Crippen LogP contribution in [0.5, 0.6) is 0 Å². The maximum absolute atomic E-state index is 5.37. The molecule has 2 aromatic heterocycles. The van der Waals surface area contributed by atoms with Crippen LogP contribution >= 0.6 is 0 Å². The van der Waals surface area contributed by atoms with Crippen LogP contribution in [0.25, 0.3) is 11.4 Å². The second-order valence-electron chi connectivity index (χ2n) is 3.38. The highest BCUT2D eigenvalue weighted by atomic mass is 16.5. The third kappa shape index (κ3) is 2.74. The average molecular weight is 231 g/mol. The molecule has 0 fully saturated rings. The third-order valence-corrected chi connectivity index (χ3v) is 2.16. The molecular formula is C11H13N5O. The number of rotatable bonds is 4. The van der Waals surface area contributed by atoms with E-state index in [2.05, 4.69) is 20.4 Å². The van der Waals surface area contributed by atoms with E-state index in [9.17, 15) is 0 Å². The quantitative estimate of drug-likeness (QED) is 0.602. The van der Waals surface area contributed by atoms with Crippen LogP contribution in [0, 0.1) is 0 Å². The van der Waals surface area contributed by atoms with Gasteiger partial charge in [-0.15, -0.1) is 0 Å². The third-order valence-electron chi connectivity index (χ3n) is 2.16. The molecule has 0 radical (unpaired) electrons. The lowest BCUT2D eigenvalue weighted by atomic mass is 10.2. The van der Waals surface area contributed by atoms with E-state index in [1.807, 2.05) is 12.1 Å². The minimum atomic E-state index is 0.412. The largest absolute Gasteiger partial charge is 0.378 e. The molecule has 0 atom stereocenters. The Labute approximate surface area is 98.9 Å². The molecule has 2 heterocycles. The number of aromatic nitrogens is 3. The van der Waals surface area contributed by atoms with Crippen LogP contribution in [0.2, 0.25) is 0 Å². The van der Waals surface area contributed by atoms with E-state index in [0.717, 1.165) is 11.3 Å². The van der Waals surface area contributed by atoms with Crippen molar-refractivity contribution >= 4 is 5.82 Å². The van der Waals surface area contributed by atoms with Crippen LogP contribution in [-0.4, -0.2) is 22.1 Å². The van der Waals surface area contributed by atoms with E-state index in [1.54, 1.807) is 25.6 Å². The maximum atomic E-state index is 5.37. The van der Waals surface area contributed by atoms with Gasteiger partial charge in [0.25, 0.3) is 0 Å². The average Bonchev–Trinajstić information content (AvgIpc) is 2.40. The molecule has 0 saturated heterocycles. The van der Waals surface area contributed by atoms with Crippen molar-refractivity contribution in [2.24, 2.45) is 5.84 Å². The van der Waals surface area contributed by atoms with Gasteiger partial charge in [-0.3, -0.25) is 4.98 Å². The number of nitrogens with one attached hydrogen (secondary N) is 1. The summed E-state index contributed by atoms with van der Waals surface area (Å²) in [7, 11) is 1.61. The molecule has 0 aromatic carbocycles. The molecular weight excluding hydrogens is 218 g/mol. The fraction of sp³-hybridized carbons (Fsp3) is 0.182. The van der Waals surface area contributed by atoms with Gasteiger partial charge < -0.3 is 10.2 Å². The van der Waals surface area contributed by atoms with Gasteiger partial charge in [0.05, 0.1) is 12.3 Å². The summed E-state index contributed by atoms with van der Waals surface area (Å²) in [5, 5.41) is 0. The van der Waals surface area contributed by atoms with E-state index >= 15 is 0 Å². The minimum Gasteiger partial charge on any atom is -0.378 e. The second-order valence-corrected chi connectivity index (χ2v) is 3.38. The molecule has 0 aliphatic carbocycles. The predicted molar refractivity (Wildman–Crippen MR) is 63.8 cm³/mol. The molecule has 0 amide bonds. The van der Waals surface area contributed by atoms with Gasteiger partial charge in [-0.05, 0) is 12.1 Å². The van der Waals surface area contributed by atoms with Crippen LogP contribution < -0.4 is 11.3 Å².